The number of nitrogens with one attached hydrogen (secondary N) is 1. The SMILES string of the molecule is Cc1cc(CN2C[C@H]3C[C@H](Nc4ccc([S+]([O-])c5ccccc5)nn4)C[C@H]3C2)ccc1F. The topological polar surface area (TPSA) is 64.1 Å². The van der Waals surface area contributed by atoms with Crippen LogP contribution in [-0.4, -0.2) is 38.8 Å². The molecule has 1 aromatic heterocycles. The van der Waals surface area contributed by atoms with Gasteiger partial charge in [-0.3, -0.25) is 4.90 Å². The lowest BCUT2D eigenvalue weighted by molar-refractivity contribution is 0.301. The summed E-state index contributed by atoms with van der Waals surface area (Å²) in [5, 5.41) is 12.5. The zero-order valence-corrected chi connectivity index (χ0v) is 18.9. The second-order valence-electron chi connectivity index (χ2n) is 8.95. The van der Waals surface area contributed by atoms with Crippen molar-refractivity contribution in [2.45, 2.75) is 42.3 Å². The minimum atomic E-state index is -1.31. The number of fused-ring (bicyclic) bond motifs is 1. The first-order chi connectivity index (χ1) is 15.5. The smallest absolute Gasteiger partial charge is 0.269 e. The normalized spacial score (nSPS) is 23.8. The molecule has 166 valence electrons. The van der Waals surface area contributed by atoms with Crippen LogP contribution in [0, 0.1) is 24.6 Å². The molecule has 3 aromatic rings. The van der Waals surface area contributed by atoms with E-state index >= 15 is 0 Å². The Balaban J connectivity index is 1.13. The molecule has 1 N–H and O–H groups in total. The molecule has 5 nitrogen and oxygen atoms in total. The quantitative estimate of drug-likeness (QED) is 0.564. The van der Waals surface area contributed by atoms with Crippen molar-refractivity contribution in [1.29, 1.82) is 0 Å². The van der Waals surface area contributed by atoms with Gasteiger partial charge in [0.2, 0.25) is 0 Å². The molecule has 1 unspecified atom stereocenters. The maximum Gasteiger partial charge on any atom is 0.269 e. The van der Waals surface area contributed by atoms with Crippen LogP contribution in [-0.2, 0) is 17.7 Å². The predicted octanol–water partition coefficient (Wildman–Crippen LogP) is 4.41. The van der Waals surface area contributed by atoms with E-state index < -0.39 is 11.2 Å². The van der Waals surface area contributed by atoms with Gasteiger partial charge < -0.3 is 9.87 Å². The highest BCUT2D eigenvalue weighted by atomic mass is 32.2. The predicted molar refractivity (Wildman–Crippen MR) is 123 cm³/mol. The van der Waals surface area contributed by atoms with Crippen LogP contribution in [0.2, 0.25) is 0 Å². The fourth-order valence-corrected chi connectivity index (χ4v) is 6.03. The van der Waals surface area contributed by atoms with Gasteiger partial charge in [0.1, 0.15) is 11.6 Å². The van der Waals surface area contributed by atoms with Crippen molar-refractivity contribution in [2.24, 2.45) is 11.8 Å². The van der Waals surface area contributed by atoms with Gasteiger partial charge in [0.05, 0.1) is 0 Å². The Bertz CT molecular complexity index is 1050. The first-order valence-corrected chi connectivity index (χ1v) is 12.2. The van der Waals surface area contributed by atoms with Crippen LogP contribution >= 0.6 is 0 Å². The summed E-state index contributed by atoms with van der Waals surface area (Å²) in [5.41, 5.74) is 1.90. The minimum absolute atomic E-state index is 0.136. The average Bonchev–Trinajstić information content (AvgIpc) is 3.35. The van der Waals surface area contributed by atoms with Gasteiger partial charge in [-0.1, -0.05) is 35.4 Å². The van der Waals surface area contributed by atoms with Crippen LogP contribution in [0.25, 0.3) is 0 Å². The highest BCUT2D eigenvalue weighted by Gasteiger charge is 2.40. The summed E-state index contributed by atoms with van der Waals surface area (Å²) >= 11 is -1.31. The van der Waals surface area contributed by atoms with Crippen molar-refractivity contribution in [3.63, 3.8) is 0 Å². The zero-order chi connectivity index (χ0) is 22.1. The Labute approximate surface area is 191 Å². The van der Waals surface area contributed by atoms with E-state index in [4.69, 9.17) is 0 Å². The first-order valence-electron chi connectivity index (χ1n) is 11.1. The minimum Gasteiger partial charge on any atom is -0.605 e. The van der Waals surface area contributed by atoms with Gasteiger partial charge in [-0.2, -0.15) is 0 Å². The van der Waals surface area contributed by atoms with Gasteiger partial charge in [-0.15, -0.1) is 5.10 Å². The van der Waals surface area contributed by atoms with E-state index in [-0.39, 0.29) is 5.82 Å². The lowest BCUT2D eigenvalue weighted by Gasteiger charge is -2.20. The highest BCUT2D eigenvalue weighted by Crippen LogP contribution is 2.39. The van der Waals surface area contributed by atoms with Crippen LogP contribution in [0.15, 0.2) is 70.6 Å². The molecular weight excluding hydrogens is 423 g/mol. The van der Waals surface area contributed by atoms with Crippen LogP contribution in [0.3, 0.4) is 0 Å². The lowest BCUT2D eigenvalue weighted by atomic mass is 10.0. The van der Waals surface area contributed by atoms with Gasteiger partial charge in [0.15, 0.2) is 4.90 Å². The van der Waals surface area contributed by atoms with Crippen molar-refractivity contribution in [3.8, 4) is 0 Å². The number of likely N-dealkylation sites (tertiary alicyclic amines) is 1. The molecule has 1 aliphatic heterocycles. The molecule has 2 aliphatic rings. The van der Waals surface area contributed by atoms with Gasteiger partial charge in [0, 0.05) is 42.9 Å². The highest BCUT2D eigenvalue weighted by molar-refractivity contribution is 7.91. The van der Waals surface area contributed by atoms with Crippen molar-refractivity contribution < 1.29 is 8.94 Å². The third-order valence-corrected chi connectivity index (χ3v) is 7.89. The van der Waals surface area contributed by atoms with E-state index in [0.717, 1.165) is 43.2 Å². The van der Waals surface area contributed by atoms with Gasteiger partial charge >= 0.3 is 0 Å². The molecule has 2 aromatic carbocycles. The summed E-state index contributed by atoms with van der Waals surface area (Å²) in [4.78, 5) is 3.22. The number of aryl methyl sites for hydroxylation is 1. The standard InChI is InChI=1S/C25H27FN4OS/c1-17-11-18(7-8-23(17)26)14-30-15-19-12-21(13-20(19)16-30)27-24-9-10-25(29-28-24)32(31)22-5-3-2-4-6-22/h2-11,19-21H,12-16H2,1H3,(H,27,28)/t19-,20+,21+,32?. The molecule has 7 heteroatoms. The van der Waals surface area contributed by atoms with Crippen LogP contribution in [0.4, 0.5) is 10.2 Å². The zero-order valence-electron chi connectivity index (χ0n) is 18.1. The van der Waals surface area contributed by atoms with E-state index in [0.29, 0.717) is 28.5 Å². The molecule has 2 heterocycles. The molecule has 1 aliphatic carbocycles. The van der Waals surface area contributed by atoms with Crippen LogP contribution in [0.1, 0.15) is 24.0 Å². The molecule has 2 fully saturated rings. The number of benzene rings is 2. The summed E-state index contributed by atoms with van der Waals surface area (Å²) in [7, 11) is 0. The summed E-state index contributed by atoms with van der Waals surface area (Å²) < 4.78 is 26.1. The monoisotopic (exact) mass is 450 g/mol. The lowest BCUT2D eigenvalue weighted by Crippen LogP contribution is -2.25. The number of hydrogen-bond donors (Lipinski definition) is 1. The van der Waals surface area contributed by atoms with Gasteiger partial charge in [-0.05, 0) is 67.0 Å². The van der Waals surface area contributed by atoms with Crippen molar-refractivity contribution in [1.82, 2.24) is 15.1 Å². The van der Waals surface area contributed by atoms with Crippen LogP contribution < -0.4 is 5.32 Å². The molecule has 0 radical (unpaired) electrons. The van der Waals surface area contributed by atoms with E-state index in [1.54, 1.807) is 12.1 Å². The Morgan fingerprint density at radius 3 is 2.44 bits per heavy atom. The number of rotatable bonds is 6. The number of aromatic nitrogens is 2. The number of anilines is 1. The van der Waals surface area contributed by atoms with Crippen molar-refractivity contribution >= 4 is 17.0 Å². The fraction of sp³-hybridized carbons (Fsp3) is 0.360. The maximum atomic E-state index is 13.5. The Kier molecular flexibility index (Phi) is 6.13. The molecular formula is C25H27FN4OS. The van der Waals surface area contributed by atoms with E-state index in [9.17, 15) is 8.94 Å². The molecule has 1 saturated heterocycles. The Morgan fingerprint density at radius 2 is 1.78 bits per heavy atom. The summed E-state index contributed by atoms with van der Waals surface area (Å²) in [6.07, 6.45) is 2.23. The third-order valence-electron chi connectivity index (χ3n) is 6.59. The fourth-order valence-electron chi connectivity index (χ4n) is 5.08. The van der Waals surface area contributed by atoms with Crippen molar-refractivity contribution in [2.75, 3.05) is 18.4 Å². The van der Waals surface area contributed by atoms with Gasteiger partial charge in [0.25, 0.3) is 5.03 Å². The van der Waals surface area contributed by atoms with Crippen LogP contribution in [0.5, 0.6) is 0 Å². The third kappa shape index (κ3) is 4.65. The van der Waals surface area contributed by atoms with E-state index in [2.05, 4.69) is 20.4 Å². The molecule has 5 rings (SSSR count). The molecule has 0 amide bonds. The van der Waals surface area contributed by atoms with E-state index in [1.165, 1.54) is 5.56 Å². The van der Waals surface area contributed by atoms with Gasteiger partial charge in [-0.25, -0.2) is 4.39 Å². The molecule has 1 saturated carbocycles. The molecule has 0 bridgehead atoms. The number of nitrogens with zero attached hydrogens (tertiary/aromatic N) is 3. The van der Waals surface area contributed by atoms with Crippen molar-refractivity contribution in [3.05, 3.63) is 77.6 Å². The second-order valence-corrected chi connectivity index (χ2v) is 10.4. The maximum absolute atomic E-state index is 13.5. The number of halogens is 1. The molecule has 4 atom stereocenters. The largest absolute Gasteiger partial charge is 0.605 e. The molecule has 32 heavy (non-hydrogen) atoms. The first kappa shape index (κ1) is 21.4. The Hall–Kier alpha value is -2.48. The number of hydrogen-bond acceptors (Lipinski definition) is 5. The average molecular weight is 451 g/mol. The van der Waals surface area contributed by atoms with E-state index in [1.807, 2.05) is 55.5 Å². The second kappa shape index (κ2) is 9.17. The Morgan fingerprint density at radius 1 is 1.03 bits per heavy atom. The summed E-state index contributed by atoms with van der Waals surface area (Å²) in [6, 6.07) is 18.8. The molecule has 0 spiro atoms. The summed E-state index contributed by atoms with van der Waals surface area (Å²) in [5.74, 6) is 1.95. The summed E-state index contributed by atoms with van der Waals surface area (Å²) in [6.45, 7) is 4.88.